The summed E-state index contributed by atoms with van der Waals surface area (Å²) in [6.45, 7) is 4.73. The summed E-state index contributed by atoms with van der Waals surface area (Å²) in [4.78, 5) is 29.0. The monoisotopic (exact) mass is 286 g/mol. The molecule has 2 atom stereocenters. The van der Waals surface area contributed by atoms with E-state index in [1.165, 1.54) is 6.92 Å². The summed E-state index contributed by atoms with van der Waals surface area (Å²) in [5.41, 5.74) is 0.496. The van der Waals surface area contributed by atoms with Crippen molar-refractivity contribution < 1.29 is 28.4 Å². The Labute approximate surface area is 110 Å². The standard InChI is InChI=1S/C12H15O6P/c1-3-11(13)17-9(2)12(18-19(14,15)16)10-7-5-4-6-8-10/h3-9,12H,1H2,2H3,(H2,14,15,16). The van der Waals surface area contributed by atoms with E-state index in [-0.39, 0.29) is 0 Å². The molecule has 0 saturated carbocycles. The molecule has 104 valence electrons. The van der Waals surface area contributed by atoms with Crippen LogP contribution in [0.1, 0.15) is 18.6 Å². The van der Waals surface area contributed by atoms with Gasteiger partial charge in [0.25, 0.3) is 0 Å². The first-order valence-corrected chi connectivity index (χ1v) is 6.98. The van der Waals surface area contributed by atoms with Crippen molar-refractivity contribution in [1.82, 2.24) is 0 Å². The Balaban J connectivity index is 2.95. The maximum absolute atomic E-state index is 11.1. The smallest absolute Gasteiger partial charge is 0.456 e. The van der Waals surface area contributed by atoms with Crippen LogP contribution in [0.25, 0.3) is 0 Å². The van der Waals surface area contributed by atoms with Crippen LogP contribution in [0.15, 0.2) is 43.0 Å². The maximum Gasteiger partial charge on any atom is 0.470 e. The molecule has 0 spiro atoms. The van der Waals surface area contributed by atoms with Crippen LogP contribution in [0.5, 0.6) is 0 Å². The van der Waals surface area contributed by atoms with E-state index in [4.69, 9.17) is 14.5 Å². The molecular weight excluding hydrogens is 271 g/mol. The average Bonchev–Trinajstić information content (AvgIpc) is 2.35. The molecule has 0 aromatic heterocycles. The Kier molecular flexibility index (Phi) is 5.44. The fourth-order valence-corrected chi connectivity index (χ4v) is 2.09. The summed E-state index contributed by atoms with van der Waals surface area (Å²) in [6, 6.07) is 8.37. The summed E-state index contributed by atoms with van der Waals surface area (Å²) in [7, 11) is -4.71. The lowest BCUT2D eigenvalue weighted by molar-refractivity contribution is -0.147. The quantitative estimate of drug-likeness (QED) is 0.471. The largest absolute Gasteiger partial charge is 0.470 e. The van der Waals surface area contributed by atoms with Gasteiger partial charge in [0.05, 0.1) is 0 Å². The number of phosphoric ester groups is 1. The van der Waals surface area contributed by atoms with Gasteiger partial charge < -0.3 is 14.5 Å². The van der Waals surface area contributed by atoms with Crippen LogP contribution in [0.4, 0.5) is 0 Å². The van der Waals surface area contributed by atoms with Crippen molar-refractivity contribution >= 4 is 13.8 Å². The minimum absolute atomic E-state index is 0.496. The van der Waals surface area contributed by atoms with Gasteiger partial charge in [0.2, 0.25) is 0 Å². The second-order valence-electron chi connectivity index (χ2n) is 3.77. The Bertz CT molecular complexity index is 480. The average molecular weight is 286 g/mol. The lowest BCUT2D eigenvalue weighted by atomic mass is 10.1. The fourth-order valence-electron chi connectivity index (χ4n) is 1.50. The van der Waals surface area contributed by atoms with Crippen molar-refractivity contribution in [3.63, 3.8) is 0 Å². The number of carbonyl (C=O) groups excluding carboxylic acids is 1. The van der Waals surface area contributed by atoms with Crippen LogP contribution in [-0.2, 0) is 18.6 Å². The molecule has 0 aliphatic carbocycles. The minimum atomic E-state index is -4.71. The van der Waals surface area contributed by atoms with Crippen molar-refractivity contribution in [1.29, 1.82) is 0 Å². The van der Waals surface area contributed by atoms with Crippen LogP contribution in [0.2, 0.25) is 0 Å². The highest BCUT2D eigenvalue weighted by Crippen LogP contribution is 2.43. The second-order valence-corrected chi connectivity index (χ2v) is 4.97. The fraction of sp³-hybridized carbons (Fsp3) is 0.250. The zero-order chi connectivity index (χ0) is 14.5. The van der Waals surface area contributed by atoms with Gasteiger partial charge in [-0.15, -0.1) is 0 Å². The van der Waals surface area contributed by atoms with Crippen molar-refractivity contribution in [2.75, 3.05) is 0 Å². The van der Waals surface area contributed by atoms with E-state index >= 15 is 0 Å². The molecule has 0 fully saturated rings. The number of phosphoric acid groups is 1. The molecular formula is C12H15O6P. The topological polar surface area (TPSA) is 93.1 Å². The third-order valence-electron chi connectivity index (χ3n) is 2.27. The molecule has 0 saturated heterocycles. The highest BCUT2D eigenvalue weighted by molar-refractivity contribution is 7.46. The Hall–Kier alpha value is -1.46. The summed E-state index contributed by atoms with van der Waals surface area (Å²) >= 11 is 0. The van der Waals surface area contributed by atoms with Crippen LogP contribution >= 0.6 is 7.82 Å². The van der Waals surface area contributed by atoms with E-state index in [1.54, 1.807) is 30.3 Å². The van der Waals surface area contributed by atoms with Gasteiger partial charge in [-0.2, -0.15) is 0 Å². The summed E-state index contributed by atoms with van der Waals surface area (Å²) in [5, 5.41) is 0. The Morgan fingerprint density at radius 1 is 1.37 bits per heavy atom. The first-order chi connectivity index (χ1) is 8.83. The molecule has 2 N–H and O–H groups in total. The van der Waals surface area contributed by atoms with Crippen molar-refractivity contribution in [3.05, 3.63) is 48.6 Å². The van der Waals surface area contributed by atoms with Crippen molar-refractivity contribution in [2.45, 2.75) is 19.1 Å². The second kappa shape index (κ2) is 6.63. The van der Waals surface area contributed by atoms with Gasteiger partial charge in [0.1, 0.15) is 12.2 Å². The molecule has 1 aromatic rings. The van der Waals surface area contributed by atoms with Crippen LogP contribution < -0.4 is 0 Å². The van der Waals surface area contributed by atoms with Gasteiger partial charge in [-0.3, -0.25) is 4.52 Å². The SMILES string of the molecule is C=CC(=O)OC(C)C(OP(=O)(O)O)c1ccccc1. The molecule has 6 nitrogen and oxygen atoms in total. The number of hydrogen-bond acceptors (Lipinski definition) is 4. The predicted molar refractivity (Wildman–Crippen MR) is 68.1 cm³/mol. The van der Waals surface area contributed by atoms with Gasteiger partial charge in [-0.05, 0) is 12.5 Å². The highest BCUT2D eigenvalue weighted by atomic mass is 31.2. The molecule has 19 heavy (non-hydrogen) atoms. The summed E-state index contributed by atoms with van der Waals surface area (Å²) < 4.78 is 20.6. The lowest BCUT2D eigenvalue weighted by Crippen LogP contribution is -2.23. The molecule has 0 radical (unpaired) electrons. The van der Waals surface area contributed by atoms with Crippen LogP contribution in [0.3, 0.4) is 0 Å². The molecule has 1 aromatic carbocycles. The molecule has 7 heteroatoms. The highest BCUT2D eigenvalue weighted by Gasteiger charge is 2.30. The molecule has 0 aliphatic rings. The third-order valence-corrected chi connectivity index (χ3v) is 2.78. The lowest BCUT2D eigenvalue weighted by Gasteiger charge is -2.24. The summed E-state index contributed by atoms with van der Waals surface area (Å²) in [5.74, 6) is -0.692. The summed E-state index contributed by atoms with van der Waals surface area (Å²) in [6.07, 6.45) is -0.970. The van der Waals surface area contributed by atoms with E-state index in [0.717, 1.165) is 6.08 Å². The molecule has 0 bridgehead atoms. The Morgan fingerprint density at radius 3 is 2.42 bits per heavy atom. The number of esters is 1. The molecule has 0 heterocycles. The first-order valence-electron chi connectivity index (χ1n) is 5.45. The van der Waals surface area contributed by atoms with Crippen molar-refractivity contribution in [2.24, 2.45) is 0 Å². The first kappa shape index (κ1) is 15.6. The maximum atomic E-state index is 11.1. The number of benzene rings is 1. The van der Waals surface area contributed by atoms with Gasteiger partial charge in [-0.1, -0.05) is 36.9 Å². The van der Waals surface area contributed by atoms with E-state index in [9.17, 15) is 9.36 Å². The van der Waals surface area contributed by atoms with E-state index in [1.807, 2.05) is 0 Å². The molecule has 2 unspecified atom stereocenters. The number of hydrogen-bond donors (Lipinski definition) is 2. The zero-order valence-corrected chi connectivity index (χ0v) is 11.2. The van der Waals surface area contributed by atoms with Crippen LogP contribution in [0, 0.1) is 0 Å². The van der Waals surface area contributed by atoms with E-state index in [0.29, 0.717) is 5.56 Å². The van der Waals surface area contributed by atoms with E-state index in [2.05, 4.69) is 11.1 Å². The van der Waals surface area contributed by atoms with Crippen LogP contribution in [-0.4, -0.2) is 21.9 Å². The van der Waals surface area contributed by atoms with Gasteiger partial charge in [0, 0.05) is 6.08 Å². The van der Waals surface area contributed by atoms with E-state index < -0.39 is 26.0 Å². The van der Waals surface area contributed by atoms with Gasteiger partial charge in [0.15, 0.2) is 0 Å². The molecule has 0 amide bonds. The van der Waals surface area contributed by atoms with Crippen molar-refractivity contribution in [3.8, 4) is 0 Å². The van der Waals surface area contributed by atoms with Gasteiger partial charge >= 0.3 is 13.8 Å². The zero-order valence-electron chi connectivity index (χ0n) is 10.3. The molecule has 0 aliphatic heterocycles. The normalized spacial score (nSPS) is 14.5. The molecule has 1 rings (SSSR count). The van der Waals surface area contributed by atoms with Gasteiger partial charge in [-0.25, -0.2) is 9.36 Å². The predicted octanol–water partition coefficient (Wildman–Crippen LogP) is 1.95. The minimum Gasteiger partial charge on any atom is -0.456 e. The number of ether oxygens (including phenoxy) is 1. The number of carbonyl (C=O) groups is 1. The number of rotatable bonds is 6. The third kappa shape index (κ3) is 5.36. The Morgan fingerprint density at radius 2 is 1.95 bits per heavy atom.